The van der Waals surface area contributed by atoms with E-state index in [1.54, 1.807) is 54.6 Å². The number of hydrogen-bond donors (Lipinski definition) is 5. The van der Waals surface area contributed by atoms with Gasteiger partial charge < -0.3 is 27.0 Å². The Balaban J connectivity index is 1.55. The van der Waals surface area contributed by atoms with Gasteiger partial charge in [0.1, 0.15) is 23.5 Å². The van der Waals surface area contributed by atoms with E-state index in [0.717, 1.165) is 21.3 Å². The number of carbonyl (C=O) groups is 5. The van der Waals surface area contributed by atoms with Crippen molar-refractivity contribution in [2.24, 2.45) is 17.4 Å². The number of aromatic nitrogens is 2. The lowest BCUT2D eigenvalue weighted by atomic mass is 9.93. The van der Waals surface area contributed by atoms with E-state index < -0.39 is 83.4 Å². The van der Waals surface area contributed by atoms with Gasteiger partial charge in [-0.2, -0.15) is 0 Å². The van der Waals surface area contributed by atoms with Gasteiger partial charge in [0.05, 0.1) is 24.6 Å². The fourth-order valence-electron chi connectivity index (χ4n) is 6.30. The number of halogens is 2. The minimum absolute atomic E-state index is 0.0683. The van der Waals surface area contributed by atoms with Crippen LogP contribution in [0, 0.1) is 24.5 Å². The van der Waals surface area contributed by atoms with Crippen molar-refractivity contribution in [2.75, 3.05) is 0 Å². The predicted octanol–water partition coefficient (Wildman–Crippen LogP) is 3.22. The highest BCUT2D eigenvalue weighted by Gasteiger charge is 2.26. The lowest BCUT2D eigenvalue weighted by Crippen LogP contribution is -2.44. The SMILES string of the molecule is Cc1c(-c2cccc(CCC(=O)C[C@@H](CCC(=O)N[C@H](CCC(N)=O)C(=O)O)C(=O)O)c2)c(=O)n(CC(N)c2ccccc2)c(=O)n1Cc1c(F)cccc1F. The molecule has 4 rings (SSSR count). The normalized spacial score (nSPS) is 12.7. The number of nitrogens with one attached hydrogen (secondary N) is 1. The number of benzene rings is 3. The fraction of sp³-hybridized carbons (Fsp3) is 0.325. The molecule has 1 unspecified atom stereocenters. The summed E-state index contributed by atoms with van der Waals surface area (Å²) < 4.78 is 31.7. The van der Waals surface area contributed by atoms with Gasteiger partial charge in [-0.1, -0.05) is 60.7 Å². The second-order valence-corrected chi connectivity index (χ2v) is 13.4. The highest BCUT2D eigenvalue weighted by molar-refractivity contribution is 5.86. The first kappa shape index (κ1) is 42.5. The van der Waals surface area contributed by atoms with Crippen LogP contribution in [0.2, 0.25) is 0 Å². The topological polar surface area (TPSA) is 234 Å². The summed E-state index contributed by atoms with van der Waals surface area (Å²) in [5.74, 6) is -7.64. The molecule has 3 atom stereocenters. The molecule has 0 spiro atoms. The average molecular weight is 776 g/mol. The van der Waals surface area contributed by atoms with Crippen LogP contribution < -0.4 is 28.0 Å². The number of ketones is 1. The number of amides is 2. The second-order valence-electron chi connectivity index (χ2n) is 13.4. The molecule has 56 heavy (non-hydrogen) atoms. The molecule has 4 aromatic rings. The van der Waals surface area contributed by atoms with Crippen molar-refractivity contribution >= 4 is 29.5 Å². The largest absolute Gasteiger partial charge is 0.481 e. The van der Waals surface area contributed by atoms with Gasteiger partial charge in [-0.3, -0.25) is 33.1 Å². The number of rotatable bonds is 20. The standard InChI is InChI=1S/C40H43F2N5O9/c1-23-36(37(51)47(22-32(43)25-8-3-2-4-9-25)40(56)46(23)21-29-30(41)11-6-12-31(29)42)26-10-5-7-24(19-26)13-15-28(48)20-27(38(52)53)14-18-35(50)45-33(39(54)55)16-17-34(44)49/h2-12,19,27,32-33H,13-18,20-22,43H2,1H3,(H2,44,49)(H,45,50)(H,52,53)(H,54,55)/t27-,32?,33-/m1/s1. The number of nitrogens with two attached hydrogens (primary N) is 2. The van der Waals surface area contributed by atoms with Crippen LogP contribution >= 0.6 is 0 Å². The highest BCUT2D eigenvalue weighted by Crippen LogP contribution is 2.24. The Bertz CT molecular complexity index is 2200. The van der Waals surface area contributed by atoms with E-state index in [1.165, 1.54) is 13.0 Å². The van der Waals surface area contributed by atoms with Crippen molar-refractivity contribution in [3.8, 4) is 11.1 Å². The number of Topliss-reactive ketones (excluding diaryl/α,β-unsaturated/α-hetero) is 1. The number of hydrogen-bond acceptors (Lipinski definition) is 8. The minimum Gasteiger partial charge on any atom is -0.481 e. The van der Waals surface area contributed by atoms with Crippen molar-refractivity contribution < 1.29 is 43.0 Å². The molecule has 1 aromatic heterocycles. The molecular formula is C40H43F2N5O9. The molecular weight excluding hydrogens is 732 g/mol. The van der Waals surface area contributed by atoms with E-state index in [9.17, 15) is 52.6 Å². The van der Waals surface area contributed by atoms with E-state index in [2.05, 4.69) is 5.32 Å². The first-order chi connectivity index (χ1) is 26.6. The maximum Gasteiger partial charge on any atom is 0.331 e. The summed E-state index contributed by atoms with van der Waals surface area (Å²) in [7, 11) is 0. The van der Waals surface area contributed by atoms with Crippen molar-refractivity contribution in [1.82, 2.24) is 14.5 Å². The van der Waals surface area contributed by atoms with Gasteiger partial charge in [-0.15, -0.1) is 0 Å². The van der Waals surface area contributed by atoms with Gasteiger partial charge in [0.2, 0.25) is 11.8 Å². The van der Waals surface area contributed by atoms with E-state index in [0.29, 0.717) is 16.7 Å². The third kappa shape index (κ3) is 11.1. The Hall–Kier alpha value is -6.29. The average Bonchev–Trinajstić information content (AvgIpc) is 3.15. The molecule has 0 fully saturated rings. The number of carbonyl (C=O) groups excluding carboxylic acids is 3. The van der Waals surface area contributed by atoms with E-state index in [1.807, 2.05) is 0 Å². The molecule has 0 aliphatic rings. The number of carboxylic acid groups (broad SMARTS) is 2. The molecule has 0 aliphatic carbocycles. The molecule has 14 nitrogen and oxygen atoms in total. The second kappa shape index (κ2) is 19.3. The summed E-state index contributed by atoms with van der Waals surface area (Å²) in [4.78, 5) is 87.7. The minimum atomic E-state index is -1.40. The van der Waals surface area contributed by atoms with Crippen LogP contribution in [-0.2, 0) is 43.5 Å². The van der Waals surface area contributed by atoms with Gasteiger partial charge >= 0.3 is 17.6 Å². The summed E-state index contributed by atoms with van der Waals surface area (Å²) in [6, 6.07) is 16.5. The number of carboxylic acids is 2. The van der Waals surface area contributed by atoms with Gasteiger partial charge in [-0.05, 0) is 55.0 Å². The van der Waals surface area contributed by atoms with E-state index in [-0.39, 0.29) is 61.9 Å². The number of aryl methyl sites for hydroxylation is 1. The molecule has 1 heterocycles. The van der Waals surface area contributed by atoms with Crippen molar-refractivity contribution in [3.05, 3.63) is 128 Å². The lowest BCUT2D eigenvalue weighted by Gasteiger charge is -2.20. The molecule has 296 valence electrons. The number of aliphatic carboxylic acids is 2. The van der Waals surface area contributed by atoms with Crippen LogP contribution in [-0.4, -0.2) is 54.9 Å². The molecule has 7 N–H and O–H groups in total. The monoisotopic (exact) mass is 775 g/mol. The molecule has 0 aliphatic heterocycles. The highest BCUT2D eigenvalue weighted by atomic mass is 19.1. The summed E-state index contributed by atoms with van der Waals surface area (Å²) in [5, 5.41) is 21.2. The smallest absolute Gasteiger partial charge is 0.331 e. The summed E-state index contributed by atoms with van der Waals surface area (Å²) in [6.07, 6.45) is -1.54. The van der Waals surface area contributed by atoms with Crippen LogP contribution in [0.1, 0.15) is 67.0 Å². The molecule has 3 aromatic carbocycles. The lowest BCUT2D eigenvalue weighted by molar-refractivity contribution is -0.145. The summed E-state index contributed by atoms with van der Waals surface area (Å²) in [5.41, 5.74) is 11.4. The first-order valence-electron chi connectivity index (χ1n) is 17.8. The molecule has 0 radical (unpaired) electrons. The molecule has 0 saturated heterocycles. The van der Waals surface area contributed by atoms with Gasteiger partial charge in [-0.25, -0.2) is 18.4 Å². The maximum atomic E-state index is 14.8. The van der Waals surface area contributed by atoms with Crippen LogP contribution in [0.5, 0.6) is 0 Å². The van der Waals surface area contributed by atoms with E-state index in [4.69, 9.17) is 11.5 Å². The molecule has 0 bridgehead atoms. The molecule has 2 amide bonds. The number of primary amides is 1. The Labute approximate surface area is 319 Å². The Morgan fingerprint density at radius 3 is 2.11 bits per heavy atom. The quantitative estimate of drug-likeness (QED) is 0.0880. The Kier molecular flexibility index (Phi) is 14.7. The van der Waals surface area contributed by atoms with Crippen molar-refractivity contribution in [1.29, 1.82) is 0 Å². The van der Waals surface area contributed by atoms with Crippen LogP contribution in [0.3, 0.4) is 0 Å². The Morgan fingerprint density at radius 1 is 0.821 bits per heavy atom. The zero-order chi connectivity index (χ0) is 41.1. The predicted molar refractivity (Wildman–Crippen MR) is 200 cm³/mol. The van der Waals surface area contributed by atoms with Crippen LogP contribution in [0.15, 0.2) is 82.4 Å². The summed E-state index contributed by atoms with van der Waals surface area (Å²) in [6.45, 7) is 0.724. The van der Waals surface area contributed by atoms with Crippen molar-refractivity contribution in [3.63, 3.8) is 0 Å². The van der Waals surface area contributed by atoms with Crippen LogP contribution in [0.25, 0.3) is 11.1 Å². The zero-order valence-electron chi connectivity index (χ0n) is 30.6. The first-order valence-corrected chi connectivity index (χ1v) is 17.8. The third-order valence-electron chi connectivity index (χ3n) is 9.44. The molecule has 0 saturated carbocycles. The van der Waals surface area contributed by atoms with E-state index >= 15 is 0 Å². The van der Waals surface area contributed by atoms with Crippen LogP contribution in [0.4, 0.5) is 8.78 Å². The fourth-order valence-corrected chi connectivity index (χ4v) is 6.30. The zero-order valence-corrected chi connectivity index (χ0v) is 30.6. The Morgan fingerprint density at radius 2 is 1.48 bits per heavy atom. The van der Waals surface area contributed by atoms with Gasteiger partial charge in [0, 0.05) is 43.0 Å². The maximum absolute atomic E-state index is 14.8. The third-order valence-corrected chi connectivity index (χ3v) is 9.44. The molecule has 16 heteroatoms. The number of nitrogens with zero attached hydrogens (tertiary/aromatic N) is 2. The van der Waals surface area contributed by atoms with Gasteiger partial charge in [0.15, 0.2) is 0 Å². The van der Waals surface area contributed by atoms with Gasteiger partial charge in [0.25, 0.3) is 5.56 Å². The van der Waals surface area contributed by atoms with Crippen molar-refractivity contribution in [2.45, 2.75) is 77.0 Å². The summed E-state index contributed by atoms with van der Waals surface area (Å²) >= 11 is 0.